The molecule has 0 spiro atoms. The Bertz CT molecular complexity index is 965. The van der Waals surface area contributed by atoms with Crippen LogP contribution in [-0.2, 0) is 0 Å². The Kier molecular flexibility index (Phi) is 4.29. The summed E-state index contributed by atoms with van der Waals surface area (Å²) in [6.07, 6.45) is 0. The fourth-order valence-electron chi connectivity index (χ4n) is 2.34. The third-order valence-corrected chi connectivity index (χ3v) is 3.39. The Labute approximate surface area is 136 Å². The second-order valence-electron chi connectivity index (χ2n) is 5.00. The first-order valence-corrected chi connectivity index (χ1v) is 7.35. The maximum Gasteiger partial charge on any atom is 0.337 e. The Morgan fingerprint density at radius 3 is 2.75 bits per heavy atom. The first kappa shape index (κ1) is 15.7. The number of fused-ring (bicyclic) bond motifs is 1. The molecule has 0 aliphatic carbocycles. The lowest BCUT2D eigenvalue weighted by atomic mass is 10.1. The summed E-state index contributed by atoms with van der Waals surface area (Å²) in [5.41, 5.74) is -0.302. The van der Waals surface area contributed by atoms with E-state index in [0.29, 0.717) is 17.7 Å². The topological polar surface area (TPSA) is 68.5 Å². The van der Waals surface area contributed by atoms with E-state index in [2.05, 4.69) is 5.32 Å². The van der Waals surface area contributed by atoms with Crippen molar-refractivity contribution in [2.45, 2.75) is 6.92 Å². The van der Waals surface area contributed by atoms with Crippen LogP contribution < -0.4 is 15.7 Å². The van der Waals surface area contributed by atoms with E-state index in [1.54, 1.807) is 24.3 Å². The van der Waals surface area contributed by atoms with Gasteiger partial charge in [0.05, 0.1) is 17.9 Å². The highest BCUT2D eigenvalue weighted by Crippen LogP contribution is 2.24. The van der Waals surface area contributed by atoms with Gasteiger partial charge in [-0.1, -0.05) is 12.1 Å². The highest BCUT2D eigenvalue weighted by atomic mass is 19.1. The van der Waals surface area contributed by atoms with Crippen molar-refractivity contribution < 1.29 is 18.3 Å². The van der Waals surface area contributed by atoms with Gasteiger partial charge in [-0.2, -0.15) is 0 Å². The predicted octanol–water partition coefficient (Wildman–Crippen LogP) is 3.58. The van der Waals surface area contributed by atoms with Crippen molar-refractivity contribution in [3.63, 3.8) is 0 Å². The van der Waals surface area contributed by atoms with Crippen LogP contribution in [0.15, 0.2) is 57.7 Å². The van der Waals surface area contributed by atoms with Gasteiger partial charge in [0.15, 0.2) is 0 Å². The van der Waals surface area contributed by atoms with Gasteiger partial charge in [-0.05, 0) is 31.2 Å². The first-order valence-electron chi connectivity index (χ1n) is 7.35. The van der Waals surface area contributed by atoms with E-state index in [1.807, 2.05) is 6.92 Å². The molecule has 0 atom stereocenters. The smallest absolute Gasteiger partial charge is 0.337 e. The second kappa shape index (κ2) is 6.54. The van der Waals surface area contributed by atoms with Gasteiger partial charge in [-0.25, -0.2) is 9.18 Å². The molecule has 1 heterocycles. The van der Waals surface area contributed by atoms with Crippen molar-refractivity contribution in [3.05, 3.63) is 70.3 Å². The quantitative estimate of drug-likeness (QED) is 0.744. The zero-order valence-electron chi connectivity index (χ0n) is 12.8. The summed E-state index contributed by atoms with van der Waals surface area (Å²) in [5.74, 6) is -0.626. The normalized spacial score (nSPS) is 10.6. The first-order chi connectivity index (χ1) is 11.6. The molecule has 1 amide bonds. The number of rotatable bonds is 4. The monoisotopic (exact) mass is 327 g/mol. The summed E-state index contributed by atoms with van der Waals surface area (Å²) in [5, 5.41) is 2.90. The van der Waals surface area contributed by atoms with Crippen molar-refractivity contribution >= 4 is 22.6 Å². The summed E-state index contributed by atoms with van der Waals surface area (Å²) >= 11 is 0. The SMILES string of the molecule is CCOc1ccc2c(C(=O)Nc3ccccc3F)cc(=O)oc2c1. The zero-order valence-corrected chi connectivity index (χ0v) is 12.8. The molecule has 3 aromatic rings. The number of hydrogen-bond acceptors (Lipinski definition) is 4. The number of amides is 1. The number of nitrogens with one attached hydrogen (secondary N) is 1. The number of halogens is 1. The van der Waals surface area contributed by atoms with Crippen molar-refractivity contribution in [1.29, 1.82) is 0 Å². The summed E-state index contributed by atoms with van der Waals surface area (Å²) in [4.78, 5) is 24.2. The molecular formula is C18H14FNO4. The highest BCUT2D eigenvalue weighted by Gasteiger charge is 2.15. The molecule has 0 unspecified atom stereocenters. The van der Waals surface area contributed by atoms with Crippen LogP contribution >= 0.6 is 0 Å². The van der Waals surface area contributed by atoms with Crippen LogP contribution in [0.4, 0.5) is 10.1 Å². The van der Waals surface area contributed by atoms with E-state index in [4.69, 9.17) is 9.15 Å². The molecule has 24 heavy (non-hydrogen) atoms. The largest absolute Gasteiger partial charge is 0.494 e. The van der Waals surface area contributed by atoms with E-state index in [1.165, 1.54) is 18.2 Å². The van der Waals surface area contributed by atoms with Crippen molar-refractivity contribution in [3.8, 4) is 5.75 Å². The molecule has 0 radical (unpaired) electrons. The summed E-state index contributed by atoms with van der Waals surface area (Å²) in [6, 6.07) is 11.7. The van der Waals surface area contributed by atoms with Gasteiger partial charge in [0.25, 0.3) is 5.91 Å². The van der Waals surface area contributed by atoms with E-state index >= 15 is 0 Å². The van der Waals surface area contributed by atoms with E-state index in [-0.39, 0.29) is 16.8 Å². The van der Waals surface area contributed by atoms with Gasteiger partial charge < -0.3 is 14.5 Å². The van der Waals surface area contributed by atoms with Crippen molar-refractivity contribution in [2.24, 2.45) is 0 Å². The van der Waals surface area contributed by atoms with Gasteiger partial charge >= 0.3 is 5.63 Å². The lowest BCUT2D eigenvalue weighted by Crippen LogP contribution is -2.16. The van der Waals surface area contributed by atoms with Crippen molar-refractivity contribution in [1.82, 2.24) is 0 Å². The number of ether oxygens (including phenoxy) is 1. The average Bonchev–Trinajstić information content (AvgIpc) is 2.56. The molecular weight excluding hydrogens is 313 g/mol. The van der Waals surface area contributed by atoms with Gasteiger partial charge in [0.1, 0.15) is 17.1 Å². The lowest BCUT2D eigenvalue weighted by molar-refractivity contribution is 0.102. The number of carbonyl (C=O) groups excluding carboxylic acids is 1. The minimum atomic E-state index is -0.671. The maximum absolute atomic E-state index is 13.7. The standard InChI is InChI=1S/C18H14FNO4/c1-2-23-11-7-8-12-13(10-17(21)24-16(12)9-11)18(22)20-15-6-4-3-5-14(15)19/h3-10H,2H2,1H3,(H,20,22). The molecule has 0 fully saturated rings. The molecule has 0 saturated heterocycles. The predicted molar refractivity (Wildman–Crippen MR) is 88.0 cm³/mol. The molecule has 1 N–H and O–H groups in total. The fourth-order valence-corrected chi connectivity index (χ4v) is 2.34. The molecule has 122 valence electrons. The van der Waals surface area contributed by atoms with Crippen LogP contribution in [0.3, 0.4) is 0 Å². The van der Waals surface area contributed by atoms with Gasteiger partial charge in [0, 0.05) is 17.5 Å². The maximum atomic E-state index is 13.7. The van der Waals surface area contributed by atoms with Gasteiger partial charge in [-0.3, -0.25) is 4.79 Å². The molecule has 0 aliphatic heterocycles. The fraction of sp³-hybridized carbons (Fsp3) is 0.111. The molecule has 3 rings (SSSR count). The van der Waals surface area contributed by atoms with E-state index in [0.717, 1.165) is 6.07 Å². The lowest BCUT2D eigenvalue weighted by Gasteiger charge is -2.09. The molecule has 0 bridgehead atoms. The molecule has 0 saturated carbocycles. The summed E-state index contributed by atoms with van der Waals surface area (Å²) in [6.45, 7) is 2.29. The van der Waals surface area contributed by atoms with E-state index in [9.17, 15) is 14.0 Å². The van der Waals surface area contributed by atoms with Crippen LogP contribution in [-0.4, -0.2) is 12.5 Å². The summed E-state index contributed by atoms with van der Waals surface area (Å²) < 4.78 is 24.2. The third-order valence-electron chi connectivity index (χ3n) is 3.39. The Hall–Kier alpha value is -3.15. The number of benzene rings is 2. The minimum absolute atomic E-state index is 0.0369. The molecule has 2 aromatic carbocycles. The third kappa shape index (κ3) is 3.12. The Balaban J connectivity index is 2.03. The molecule has 5 nitrogen and oxygen atoms in total. The van der Waals surface area contributed by atoms with Gasteiger partial charge in [0.2, 0.25) is 0 Å². The Morgan fingerprint density at radius 2 is 2.00 bits per heavy atom. The van der Waals surface area contributed by atoms with E-state index < -0.39 is 17.3 Å². The Morgan fingerprint density at radius 1 is 1.21 bits per heavy atom. The van der Waals surface area contributed by atoms with Crippen LogP contribution in [0.1, 0.15) is 17.3 Å². The summed E-state index contributed by atoms with van der Waals surface area (Å²) in [7, 11) is 0. The second-order valence-corrected chi connectivity index (χ2v) is 5.00. The average molecular weight is 327 g/mol. The number of carbonyl (C=O) groups is 1. The number of hydrogen-bond donors (Lipinski definition) is 1. The van der Waals surface area contributed by atoms with Crippen LogP contribution in [0.2, 0.25) is 0 Å². The van der Waals surface area contributed by atoms with Crippen LogP contribution in [0.25, 0.3) is 11.0 Å². The number of anilines is 1. The number of para-hydroxylation sites is 1. The van der Waals surface area contributed by atoms with Crippen LogP contribution in [0, 0.1) is 5.82 Å². The minimum Gasteiger partial charge on any atom is -0.494 e. The molecule has 1 aromatic heterocycles. The van der Waals surface area contributed by atoms with Crippen LogP contribution in [0.5, 0.6) is 5.75 Å². The molecule has 0 aliphatic rings. The highest BCUT2D eigenvalue weighted by molar-refractivity contribution is 6.12. The van der Waals surface area contributed by atoms with Crippen molar-refractivity contribution in [2.75, 3.05) is 11.9 Å². The molecule has 6 heteroatoms. The zero-order chi connectivity index (χ0) is 17.1. The van der Waals surface area contributed by atoms with Gasteiger partial charge in [-0.15, -0.1) is 0 Å².